The fourth-order valence-electron chi connectivity index (χ4n) is 2.32. The van der Waals surface area contributed by atoms with Crippen molar-refractivity contribution in [3.63, 3.8) is 0 Å². The summed E-state index contributed by atoms with van der Waals surface area (Å²) < 4.78 is 0. The summed E-state index contributed by atoms with van der Waals surface area (Å²) >= 11 is 1.33. The molecule has 2 heterocycles. The van der Waals surface area contributed by atoms with Gasteiger partial charge < -0.3 is 4.90 Å². The molecule has 0 spiro atoms. The van der Waals surface area contributed by atoms with Crippen molar-refractivity contribution < 1.29 is 4.79 Å². The maximum absolute atomic E-state index is 12.0. The normalized spacial score (nSPS) is 21.3. The van der Waals surface area contributed by atoms with Crippen molar-refractivity contribution in [1.82, 2.24) is 20.0 Å². The molecule has 1 aliphatic rings. The van der Waals surface area contributed by atoms with Crippen molar-refractivity contribution in [1.29, 1.82) is 0 Å². The highest BCUT2D eigenvalue weighted by atomic mass is 32.1. The van der Waals surface area contributed by atoms with Crippen LogP contribution < -0.4 is 5.32 Å². The van der Waals surface area contributed by atoms with Gasteiger partial charge in [-0.05, 0) is 20.8 Å². The average Bonchev–Trinajstić information content (AvgIpc) is 2.81. The van der Waals surface area contributed by atoms with E-state index in [1.54, 1.807) is 5.51 Å². The summed E-state index contributed by atoms with van der Waals surface area (Å²) in [6.45, 7) is 8.96. The zero-order valence-corrected chi connectivity index (χ0v) is 11.8. The number of hydrogen-bond acceptors (Lipinski definition) is 5. The molecule has 6 nitrogen and oxygen atoms in total. The van der Waals surface area contributed by atoms with Gasteiger partial charge in [-0.2, -0.15) is 0 Å². The summed E-state index contributed by atoms with van der Waals surface area (Å²) in [7, 11) is 0. The van der Waals surface area contributed by atoms with Crippen LogP contribution >= 0.6 is 11.3 Å². The van der Waals surface area contributed by atoms with Crippen LogP contribution in [0.25, 0.3) is 0 Å². The van der Waals surface area contributed by atoms with Gasteiger partial charge in [0.05, 0.1) is 0 Å². The predicted molar refractivity (Wildman–Crippen MR) is 71.8 cm³/mol. The first-order valence-electron chi connectivity index (χ1n) is 6.15. The van der Waals surface area contributed by atoms with Crippen LogP contribution in [0.4, 0.5) is 9.93 Å². The Kier molecular flexibility index (Phi) is 4.13. The Morgan fingerprint density at radius 2 is 2.33 bits per heavy atom. The quantitative estimate of drug-likeness (QED) is 0.883. The standard InChI is InChI=1S/C11H19N5OS/c1-8(2)16-5-4-15(6-9(16)3)11(17)13-10-14-12-7-18-10/h7-9H,4-6H2,1-3H3,(H,13,14,17). The highest BCUT2D eigenvalue weighted by Gasteiger charge is 2.28. The van der Waals surface area contributed by atoms with Gasteiger partial charge in [-0.1, -0.05) is 11.3 Å². The molecule has 0 aromatic carbocycles. The molecule has 1 aromatic heterocycles. The molecule has 1 aromatic rings. The average molecular weight is 269 g/mol. The van der Waals surface area contributed by atoms with E-state index < -0.39 is 0 Å². The van der Waals surface area contributed by atoms with E-state index in [-0.39, 0.29) is 6.03 Å². The zero-order chi connectivity index (χ0) is 13.1. The van der Waals surface area contributed by atoms with Crippen molar-refractivity contribution in [2.45, 2.75) is 32.9 Å². The lowest BCUT2D eigenvalue weighted by Gasteiger charge is -2.41. The van der Waals surface area contributed by atoms with E-state index in [1.807, 2.05) is 4.90 Å². The van der Waals surface area contributed by atoms with Crippen LogP contribution in [0.15, 0.2) is 5.51 Å². The van der Waals surface area contributed by atoms with Gasteiger partial charge in [-0.3, -0.25) is 10.2 Å². The number of amides is 2. The molecule has 18 heavy (non-hydrogen) atoms. The summed E-state index contributed by atoms with van der Waals surface area (Å²) in [6, 6.07) is 0.828. The highest BCUT2D eigenvalue weighted by molar-refractivity contribution is 7.13. The minimum atomic E-state index is -0.0815. The SMILES string of the molecule is CC(C)N1CCN(C(=O)Nc2nncs2)CC1C. The van der Waals surface area contributed by atoms with Crippen molar-refractivity contribution in [2.24, 2.45) is 0 Å². The van der Waals surface area contributed by atoms with Crippen LogP contribution in [0.5, 0.6) is 0 Å². The van der Waals surface area contributed by atoms with Gasteiger partial charge in [-0.15, -0.1) is 10.2 Å². The number of rotatable bonds is 2. The van der Waals surface area contributed by atoms with E-state index in [0.717, 1.165) is 19.6 Å². The number of urea groups is 1. The van der Waals surface area contributed by atoms with Crippen LogP contribution in [0.3, 0.4) is 0 Å². The first-order valence-corrected chi connectivity index (χ1v) is 7.03. The maximum atomic E-state index is 12.0. The van der Waals surface area contributed by atoms with Crippen molar-refractivity contribution in [3.8, 4) is 0 Å². The summed E-state index contributed by atoms with van der Waals surface area (Å²) in [4.78, 5) is 16.3. The second-order valence-electron chi connectivity index (χ2n) is 4.80. The Bertz CT molecular complexity index is 394. The van der Waals surface area contributed by atoms with Crippen molar-refractivity contribution >= 4 is 22.5 Å². The van der Waals surface area contributed by atoms with E-state index in [1.165, 1.54) is 11.3 Å². The van der Waals surface area contributed by atoms with Gasteiger partial charge in [0.2, 0.25) is 5.13 Å². The Balaban J connectivity index is 1.90. The number of carbonyl (C=O) groups is 1. The van der Waals surface area contributed by atoms with Crippen molar-refractivity contribution in [3.05, 3.63) is 5.51 Å². The van der Waals surface area contributed by atoms with Gasteiger partial charge in [0.15, 0.2) is 0 Å². The van der Waals surface area contributed by atoms with E-state index in [0.29, 0.717) is 17.2 Å². The number of aromatic nitrogens is 2. The van der Waals surface area contributed by atoms with Crippen LogP contribution in [-0.4, -0.2) is 57.7 Å². The van der Waals surface area contributed by atoms with Crippen LogP contribution in [0.2, 0.25) is 0 Å². The molecule has 0 saturated carbocycles. The molecule has 1 N–H and O–H groups in total. The molecule has 2 rings (SSSR count). The summed E-state index contributed by atoms with van der Waals surface area (Å²) in [5, 5.41) is 10.8. The number of anilines is 1. The molecular weight excluding hydrogens is 250 g/mol. The number of piperazine rings is 1. The largest absolute Gasteiger partial charge is 0.323 e. The van der Waals surface area contributed by atoms with Gasteiger partial charge in [0, 0.05) is 31.7 Å². The molecule has 0 aliphatic carbocycles. The summed E-state index contributed by atoms with van der Waals surface area (Å²) in [5.74, 6) is 0. The highest BCUT2D eigenvalue weighted by Crippen LogP contribution is 2.15. The smallest absolute Gasteiger partial charge is 0.322 e. The monoisotopic (exact) mass is 269 g/mol. The van der Waals surface area contributed by atoms with E-state index in [2.05, 4.69) is 41.2 Å². The third kappa shape index (κ3) is 2.97. The Morgan fingerprint density at radius 1 is 1.56 bits per heavy atom. The fourth-order valence-corrected chi connectivity index (χ4v) is 2.76. The predicted octanol–water partition coefficient (Wildman–Crippen LogP) is 1.48. The van der Waals surface area contributed by atoms with Crippen molar-refractivity contribution in [2.75, 3.05) is 25.0 Å². The molecule has 1 saturated heterocycles. The number of nitrogens with one attached hydrogen (secondary N) is 1. The lowest BCUT2D eigenvalue weighted by molar-refractivity contribution is 0.0789. The Hall–Kier alpha value is -1.21. The first-order chi connectivity index (χ1) is 8.58. The van der Waals surface area contributed by atoms with E-state index in [9.17, 15) is 4.79 Å². The molecule has 1 unspecified atom stereocenters. The summed E-state index contributed by atoms with van der Waals surface area (Å²) in [6.07, 6.45) is 0. The molecule has 7 heteroatoms. The second kappa shape index (κ2) is 5.62. The van der Waals surface area contributed by atoms with Gasteiger partial charge in [0.25, 0.3) is 0 Å². The number of hydrogen-bond donors (Lipinski definition) is 1. The molecule has 100 valence electrons. The van der Waals surface area contributed by atoms with Crippen LogP contribution in [0, 0.1) is 0 Å². The third-order valence-corrected chi connectivity index (χ3v) is 3.81. The second-order valence-corrected chi connectivity index (χ2v) is 5.63. The minimum Gasteiger partial charge on any atom is -0.322 e. The first kappa shape index (κ1) is 13.2. The van der Waals surface area contributed by atoms with E-state index in [4.69, 9.17) is 0 Å². The maximum Gasteiger partial charge on any atom is 0.323 e. The van der Waals surface area contributed by atoms with Gasteiger partial charge in [0.1, 0.15) is 5.51 Å². The Morgan fingerprint density at radius 3 is 2.89 bits per heavy atom. The molecular formula is C11H19N5OS. The Labute approximate surface area is 111 Å². The molecule has 1 aliphatic heterocycles. The van der Waals surface area contributed by atoms with Crippen LogP contribution in [0.1, 0.15) is 20.8 Å². The lowest BCUT2D eigenvalue weighted by atomic mass is 10.1. The summed E-state index contributed by atoms with van der Waals surface area (Å²) in [5.41, 5.74) is 1.61. The van der Waals surface area contributed by atoms with E-state index >= 15 is 0 Å². The van der Waals surface area contributed by atoms with Gasteiger partial charge >= 0.3 is 6.03 Å². The number of nitrogens with zero attached hydrogens (tertiary/aromatic N) is 4. The molecule has 1 fully saturated rings. The molecule has 0 radical (unpaired) electrons. The molecule has 0 bridgehead atoms. The topological polar surface area (TPSA) is 61.4 Å². The van der Waals surface area contributed by atoms with Crippen LogP contribution in [-0.2, 0) is 0 Å². The van der Waals surface area contributed by atoms with Gasteiger partial charge in [-0.25, -0.2) is 4.79 Å². The number of carbonyl (C=O) groups excluding carboxylic acids is 1. The third-order valence-electron chi connectivity index (χ3n) is 3.20. The molecule has 1 atom stereocenters. The fraction of sp³-hybridized carbons (Fsp3) is 0.727. The minimum absolute atomic E-state index is 0.0815. The lowest BCUT2D eigenvalue weighted by Crippen LogP contribution is -2.56. The zero-order valence-electron chi connectivity index (χ0n) is 11.0. The molecule has 2 amide bonds.